The van der Waals surface area contributed by atoms with Gasteiger partial charge in [0.25, 0.3) is 0 Å². The van der Waals surface area contributed by atoms with E-state index in [1.54, 1.807) is 0 Å². The number of rotatable bonds is 16. The molecule has 14 nitrogen and oxygen atoms in total. The number of nitrogens with two attached hydrogens (primary N) is 1. The molecule has 0 bridgehead atoms. The van der Waals surface area contributed by atoms with Gasteiger partial charge < -0.3 is 42.1 Å². The molecule has 0 aromatic carbocycles. The number of carboxylic acids is 3. The molecule has 9 N–H and O–H groups in total. The summed E-state index contributed by atoms with van der Waals surface area (Å²) in [5.41, 5.74) is 5.77. The minimum absolute atomic E-state index is 0.0721. The fourth-order valence-electron chi connectivity index (χ4n) is 2.69. The Bertz CT molecular complexity index is 727. The van der Waals surface area contributed by atoms with Crippen LogP contribution in [0, 0.1) is 5.92 Å². The van der Waals surface area contributed by atoms with Crippen molar-refractivity contribution < 1.29 is 49.2 Å². The molecule has 0 aliphatic heterocycles. The lowest BCUT2D eigenvalue weighted by molar-refractivity contribution is -0.143. The highest BCUT2D eigenvalue weighted by Gasteiger charge is 2.30. The van der Waals surface area contributed by atoms with E-state index in [-0.39, 0.29) is 12.3 Å². The average molecular weight is 476 g/mol. The number of carbonyl (C=O) groups is 6. The van der Waals surface area contributed by atoms with Crippen LogP contribution in [0.4, 0.5) is 0 Å². The van der Waals surface area contributed by atoms with E-state index in [0.717, 1.165) is 0 Å². The number of aliphatic hydroxyl groups excluding tert-OH is 1. The summed E-state index contributed by atoms with van der Waals surface area (Å²) in [7, 11) is 0. The van der Waals surface area contributed by atoms with Crippen molar-refractivity contribution in [2.45, 2.75) is 70.1 Å². The summed E-state index contributed by atoms with van der Waals surface area (Å²) in [5.74, 6) is -6.78. The van der Waals surface area contributed by atoms with Gasteiger partial charge in [-0.15, -0.1) is 0 Å². The van der Waals surface area contributed by atoms with Crippen molar-refractivity contribution in [1.29, 1.82) is 0 Å². The van der Waals surface area contributed by atoms with Gasteiger partial charge in [0, 0.05) is 12.8 Å². The highest BCUT2D eigenvalue weighted by molar-refractivity contribution is 5.94. The maximum atomic E-state index is 12.6. The zero-order chi connectivity index (χ0) is 25.7. The van der Waals surface area contributed by atoms with Crippen LogP contribution in [-0.2, 0) is 28.8 Å². The summed E-state index contributed by atoms with van der Waals surface area (Å²) >= 11 is 0. The third-order valence-electron chi connectivity index (χ3n) is 4.42. The Morgan fingerprint density at radius 3 is 1.58 bits per heavy atom. The Hall–Kier alpha value is -3.26. The van der Waals surface area contributed by atoms with Gasteiger partial charge in [-0.3, -0.25) is 24.0 Å². The van der Waals surface area contributed by atoms with E-state index in [1.165, 1.54) is 0 Å². The quantitative estimate of drug-likeness (QED) is 0.117. The van der Waals surface area contributed by atoms with Crippen molar-refractivity contribution in [2.75, 3.05) is 6.61 Å². The summed E-state index contributed by atoms with van der Waals surface area (Å²) < 4.78 is 0. The van der Waals surface area contributed by atoms with Crippen LogP contribution in [0.1, 0.15) is 46.0 Å². The predicted octanol–water partition coefficient (Wildman–Crippen LogP) is -2.38. The maximum Gasteiger partial charge on any atom is 0.326 e. The summed E-state index contributed by atoms with van der Waals surface area (Å²) in [6.07, 6.45) is -1.52. The monoisotopic (exact) mass is 476 g/mol. The largest absolute Gasteiger partial charge is 0.481 e. The molecule has 33 heavy (non-hydrogen) atoms. The van der Waals surface area contributed by atoms with E-state index in [0.29, 0.717) is 6.42 Å². The topological polar surface area (TPSA) is 245 Å². The Labute approximate surface area is 189 Å². The van der Waals surface area contributed by atoms with E-state index in [4.69, 9.17) is 21.1 Å². The van der Waals surface area contributed by atoms with Gasteiger partial charge in [-0.05, 0) is 25.2 Å². The Balaban J connectivity index is 5.30. The highest BCUT2D eigenvalue weighted by atomic mass is 16.4. The van der Waals surface area contributed by atoms with Crippen LogP contribution >= 0.6 is 0 Å². The number of amides is 3. The molecular weight excluding hydrogens is 444 g/mol. The van der Waals surface area contributed by atoms with Crippen LogP contribution < -0.4 is 21.7 Å². The first-order valence-corrected chi connectivity index (χ1v) is 10.2. The Kier molecular flexibility index (Phi) is 13.3. The molecule has 0 saturated carbocycles. The second-order valence-electron chi connectivity index (χ2n) is 7.81. The first kappa shape index (κ1) is 29.7. The number of hydrogen-bond acceptors (Lipinski definition) is 8. The minimum atomic E-state index is -1.64. The molecule has 4 unspecified atom stereocenters. The van der Waals surface area contributed by atoms with Crippen LogP contribution in [-0.4, -0.2) is 86.8 Å². The first-order chi connectivity index (χ1) is 15.3. The summed E-state index contributed by atoms with van der Waals surface area (Å²) in [4.78, 5) is 69.9. The molecule has 0 heterocycles. The lowest BCUT2D eigenvalue weighted by Crippen LogP contribution is -2.58. The summed E-state index contributed by atoms with van der Waals surface area (Å²) in [5, 5.41) is 42.6. The van der Waals surface area contributed by atoms with Crippen molar-refractivity contribution in [3.05, 3.63) is 0 Å². The zero-order valence-corrected chi connectivity index (χ0v) is 18.4. The minimum Gasteiger partial charge on any atom is -0.481 e. The predicted molar refractivity (Wildman–Crippen MR) is 112 cm³/mol. The van der Waals surface area contributed by atoms with Crippen LogP contribution in [0.3, 0.4) is 0 Å². The lowest BCUT2D eigenvalue weighted by Gasteiger charge is -2.24. The normalized spacial score (nSPS) is 14.5. The van der Waals surface area contributed by atoms with Crippen LogP contribution in [0.5, 0.6) is 0 Å². The molecule has 4 atom stereocenters. The van der Waals surface area contributed by atoms with E-state index < -0.39 is 85.7 Å². The second kappa shape index (κ2) is 14.7. The first-order valence-electron chi connectivity index (χ1n) is 10.2. The fourth-order valence-corrected chi connectivity index (χ4v) is 2.69. The van der Waals surface area contributed by atoms with Gasteiger partial charge in [0.05, 0.1) is 12.6 Å². The molecule has 14 heteroatoms. The van der Waals surface area contributed by atoms with Crippen LogP contribution in [0.15, 0.2) is 0 Å². The van der Waals surface area contributed by atoms with Crippen molar-refractivity contribution in [1.82, 2.24) is 16.0 Å². The van der Waals surface area contributed by atoms with Gasteiger partial charge in [0.2, 0.25) is 17.7 Å². The molecule has 0 aliphatic carbocycles. The van der Waals surface area contributed by atoms with Crippen molar-refractivity contribution >= 4 is 35.6 Å². The number of aliphatic hydroxyl groups is 1. The molecule has 0 aromatic rings. The smallest absolute Gasteiger partial charge is 0.326 e. The van der Waals surface area contributed by atoms with Gasteiger partial charge in [-0.2, -0.15) is 0 Å². The standard InChI is InChI=1S/C19H32N4O10/c1-9(2)7-10(20)16(29)21-11(3-5-14(25)26)17(30)23-13(8-24)18(31)22-12(19(32)33)4-6-15(27)28/h9-13,24H,3-8,20H2,1-2H3,(H,21,29)(H,22,31)(H,23,30)(H,25,26)(H,27,28)(H,32,33). The molecule has 188 valence electrons. The number of carboxylic acid groups (broad SMARTS) is 3. The van der Waals surface area contributed by atoms with Gasteiger partial charge in [0.15, 0.2) is 0 Å². The third kappa shape index (κ3) is 12.4. The number of carbonyl (C=O) groups excluding carboxylic acids is 3. The highest BCUT2D eigenvalue weighted by Crippen LogP contribution is 2.05. The van der Waals surface area contributed by atoms with Crippen molar-refractivity contribution in [2.24, 2.45) is 11.7 Å². The Morgan fingerprint density at radius 2 is 1.15 bits per heavy atom. The molecule has 0 rings (SSSR count). The average Bonchev–Trinajstić information content (AvgIpc) is 2.70. The van der Waals surface area contributed by atoms with E-state index in [2.05, 4.69) is 10.6 Å². The van der Waals surface area contributed by atoms with Gasteiger partial charge in [0.1, 0.15) is 18.1 Å². The molecule has 0 aromatic heterocycles. The van der Waals surface area contributed by atoms with Gasteiger partial charge in [-0.25, -0.2) is 4.79 Å². The van der Waals surface area contributed by atoms with Crippen molar-refractivity contribution in [3.63, 3.8) is 0 Å². The van der Waals surface area contributed by atoms with Gasteiger partial charge >= 0.3 is 17.9 Å². The summed E-state index contributed by atoms with van der Waals surface area (Å²) in [6, 6.07) is -5.59. The molecular formula is C19H32N4O10. The lowest BCUT2D eigenvalue weighted by atomic mass is 10.0. The zero-order valence-electron chi connectivity index (χ0n) is 18.4. The van der Waals surface area contributed by atoms with Gasteiger partial charge in [-0.1, -0.05) is 13.8 Å². The molecule has 3 amide bonds. The third-order valence-corrected chi connectivity index (χ3v) is 4.42. The van der Waals surface area contributed by atoms with Crippen LogP contribution in [0.25, 0.3) is 0 Å². The molecule has 0 spiro atoms. The van der Waals surface area contributed by atoms with Crippen molar-refractivity contribution in [3.8, 4) is 0 Å². The maximum absolute atomic E-state index is 12.6. The van der Waals surface area contributed by atoms with E-state index in [9.17, 15) is 33.9 Å². The molecule has 0 fully saturated rings. The van der Waals surface area contributed by atoms with Crippen LogP contribution in [0.2, 0.25) is 0 Å². The second-order valence-corrected chi connectivity index (χ2v) is 7.81. The number of hydrogen-bond donors (Lipinski definition) is 8. The Morgan fingerprint density at radius 1 is 0.727 bits per heavy atom. The molecule has 0 radical (unpaired) electrons. The van der Waals surface area contributed by atoms with E-state index >= 15 is 0 Å². The number of aliphatic carboxylic acids is 3. The number of nitrogens with one attached hydrogen (secondary N) is 3. The molecule has 0 saturated heterocycles. The van der Waals surface area contributed by atoms with E-state index in [1.807, 2.05) is 19.2 Å². The molecule has 0 aliphatic rings. The SMILES string of the molecule is CC(C)CC(N)C(=O)NC(CCC(=O)O)C(=O)NC(CO)C(=O)NC(CCC(=O)O)C(=O)O. The summed E-state index contributed by atoms with van der Waals surface area (Å²) in [6.45, 7) is 2.70. The fraction of sp³-hybridized carbons (Fsp3) is 0.684.